The van der Waals surface area contributed by atoms with Crippen molar-refractivity contribution >= 4 is 22.2 Å². The summed E-state index contributed by atoms with van der Waals surface area (Å²) in [6.07, 6.45) is 4.11. The Morgan fingerprint density at radius 1 is 1.08 bits per heavy atom. The monoisotopic (exact) mass is 363 g/mol. The molecule has 0 bridgehead atoms. The maximum atomic E-state index is 12.1. The Labute approximate surface area is 154 Å². The first-order valence-corrected chi connectivity index (χ1v) is 9.14. The average Bonchev–Trinajstić information content (AvgIpc) is 3.23. The summed E-state index contributed by atoms with van der Waals surface area (Å²) >= 11 is 1.56. The lowest BCUT2D eigenvalue weighted by Gasteiger charge is -2.07. The van der Waals surface area contributed by atoms with Gasteiger partial charge in [0, 0.05) is 24.3 Å². The van der Waals surface area contributed by atoms with Gasteiger partial charge < -0.3 is 10.1 Å². The number of ether oxygens (including phenoxy) is 1. The first-order chi connectivity index (χ1) is 12.8. The summed E-state index contributed by atoms with van der Waals surface area (Å²) in [5.74, 6) is 1.53. The first-order valence-electron chi connectivity index (χ1n) is 8.26. The maximum Gasteiger partial charge on any atom is 0.226 e. The second-order valence-corrected chi connectivity index (χ2v) is 6.71. The van der Waals surface area contributed by atoms with Crippen molar-refractivity contribution in [2.75, 3.05) is 0 Å². The molecule has 2 aromatic carbocycles. The number of nitrogens with zero attached hydrogens (tertiary/aromatic N) is 2. The van der Waals surface area contributed by atoms with E-state index in [0.29, 0.717) is 6.54 Å². The van der Waals surface area contributed by atoms with Gasteiger partial charge in [0.05, 0.1) is 12.1 Å². The quantitative estimate of drug-likeness (QED) is 0.562. The number of imidazole rings is 1. The maximum absolute atomic E-state index is 12.1. The molecule has 0 radical (unpaired) electrons. The zero-order valence-corrected chi connectivity index (χ0v) is 14.8. The van der Waals surface area contributed by atoms with Crippen LogP contribution >= 0.6 is 11.3 Å². The molecule has 130 valence electrons. The number of fused-ring (bicyclic) bond motifs is 1. The summed E-state index contributed by atoms with van der Waals surface area (Å²) in [6.45, 7) is 0.479. The van der Waals surface area contributed by atoms with Crippen LogP contribution in [0.3, 0.4) is 0 Å². The zero-order chi connectivity index (χ0) is 17.8. The first kappa shape index (κ1) is 16.4. The van der Waals surface area contributed by atoms with Gasteiger partial charge in [-0.2, -0.15) is 0 Å². The van der Waals surface area contributed by atoms with Crippen LogP contribution in [0.4, 0.5) is 0 Å². The van der Waals surface area contributed by atoms with E-state index in [1.807, 2.05) is 76.8 Å². The molecule has 2 heterocycles. The Bertz CT molecular complexity index is 978. The summed E-state index contributed by atoms with van der Waals surface area (Å²) in [6, 6.07) is 17.3. The molecule has 6 heteroatoms. The molecule has 0 spiro atoms. The van der Waals surface area contributed by atoms with E-state index >= 15 is 0 Å². The number of thiazole rings is 1. The van der Waals surface area contributed by atoms with Crippen LogP contribution in [-0.2, 0) is 17.8 Å². The van der Waals surface area contributed by atoms with Gasteiger partial charge in [0.15, 0.2) is 4.96 Å². The molecule has 26 heavy (non-hydrogen) atoms. The second-order valence-electron chi connectivity index (χ2n) is 5.84. The van der Waals surface area contributed by atoms with Crippen LogP contribution in [0, 0.1) is 0 Å². The van der Waals surface area contributed by atoms with Crippen molar-refractivity contribution in [3.63, 3.8) is 0 Å². The number of benzene rings is 2. The number of nitrogens with one attached hydrogen (secondary N) is 1. The topological polar surface area (TPSA) is 55.6 Å². The molecular weight excluding hydrogens is 346 g/mol. The van der Waals surface area contributed by atoms with Crippen LogP contribution in [-0.4, -0.2) is 15.3 Å². The normalized spacial score (nSPS) is 10.8. The number of para-hydroxylation sites is 1. The SMILES string of the molecule is O=C(Cc1cn2ccsc2n1)NCc1ccc(Oc2ccccc2)cc1. The van der Waals surface area contributed by atoms with Gasteiger partial charge in [-0.3, -0.25) is 9.20 Å². The molecule has 4 rings (SSSR count). The van der Waals surface area contributed by atoms with Crippen molar-refractivity contribution in [3.8, 4) is 11.5 Å². The molecule has 0 saturated heterocycles. The van der Waals surface area contributed by atoms with E-state index < -0.39 is 0 Å². The van der Waals surface area contributed by atoms with Crippen LogP contribution < -0.4 is 10.1 Å². The van der Waals surface area contributed by atoms with Gasteiger partial charge in [0.25, 0.3) is 0 Å². The number of hydrogen-bond donors (Lipinski definition) is 1. The molecule has 5 nitrogen and oxygen atoms in total. The Kier molecular flexibility index (Phi) is 4.66. The van der Waals surface area contributed by atoms with Crippen LogP contribution in [0.5, 0.6) is 11.5 Å². The summed E-state index contributed by atoms with van der Waals surface area (Å²) in [5, 5.41) is 4.90. The standard InChI is InChI=1S/C20H17N3O2S/c24-19(12-16-14-23-10-11-26-20(23)22-16)21-13-15-6-8-18(9-7-15)25-17-4-2-1-3-5-17/h1-11,14H,12-13H2,(H,21,24). The van der Waals surface area contributed by atoms with E-state index in [1.54, 1.807) is 11.3 Å². The minimum atomic E-state index is -0.0413. The third kappa shape index (κ3) is 3.92. The zero-order valence-electron chi connectivity index (χ0n) is 14.0. The Morgan fingerprint density at radius 2 is 1.85 bits per heavy atom. The van der Waals surface area contributed by atoms with Gasteiger partial charge in [-0.25, -0.2) is 4.98 Å². The van der Waals surface area contributed by atoms with Crippen molar-refractivity contribution < 1.29 is 9.53 Å². The van der Waals surface area contributed by atoms with Crippen molar-refractivity contribution in [3.05, 3.63) is 83.6 Å². The van der Waals surface area contributed by atoms with E-state index in [-0.39, 0.29) is 12.3 Å². The fourth-order valence-corrected chi connectivity index (χ4v) is 3.31. The van der Waals surface area contributed by atoms with Crippen molar-refractivity contribution in [2.45, 2.75) is 13.0 Å². The molecule has 1 N–H and O–H groups in total. The fourth-order valence-electron chi connectivity index (χ4n) is 2.59. The highest BCUT2D eigenvalue weighted by Gasteiger charge is 2.08. The molecule has 0 fully saturated rings. The highest BCUT2D eigenvalue weighted by atomic mass is 32.1. The lowest BCUT2D eigenvalue weighted by molar-refractivity contribution is -0.120. The molecule has 1 amide bonds. The van der Waals surface area contributed by atoms with Gasteiger partial charge in [-0.05, 0) is 29.8 Å². The van der Waals surface area contributed by atoms with Crippen LogP contribution in [0.25, 0.3) is 4.96 Å². The molecule has 0 saturated carbocycles. The van der Waals surface area contributed by atoms with Crippen LogP contribution in [0.1, 0.15) is 11.3 Å². The fraction of sp³-hybridized carbons (Fsp3) is 0.100. The van der Waals surface area contributed by atoms with Gasteiger partial charge >= 0.3 is 0 Å². The molecule has 4 aromatic rings. The summed E-state index contributed by atoms with van der Waals surface area (Å²) in [4.78, 5) is 17.4. The third-order valence-corrected chi connectivity index (χ3v) is 4.65. The van der Waals surface area contributed by atoms with Gasteiger partial charge in [0.1, 0.15) is 11.5 Å². The van der Waals surface area contributed by atoms with E-state index in [1.165, 1.54) is 0 Å². The lowest BCUT2D eigenvalue weighted by atomic mass is 10.2. The van der Waals surface area contributed by atoms with Gasteiger partial charge in [-0.1, -0.05) is 30.3 Å². The van der Waals surface area contributed by atoms with Gasteiger partial charge in [0.2, 0.25) is 5.91 Å². The second kappa shape index (κ2) is 7.41. The van der Waals surface area contributed by atoms with Crippen molar-refractivity contribution in [1.82, 2.24) is 14.7 Å². The third-order valence-electron chi connectivity index (χ3n) is 3.88. The largest absolute Gasteiger partial charge is 0.457 e. The lowest BCUT2D eigenvalue weighted by Crippen LogP contribution is -2.24. The van der Waals surface area contributed by atoms with Crippen LogP contribution in [0.2, 0.25) is 0 Å². The van der Waals surface area contributed by atoms with Gasteiger partial charge in [-0.15, -0.1) is 11.3 Å². The molecule has 0 aliphatic heterocycles. The Hall–Kier alpha value is -3.12. The number of aromatic nitrogens is 2. The Balaban J connectivity index is 1.29. The van der Waals surface area contributed by atoms with E-state index in [4.69, 9.17) is 4.74 Å². The summed E-state index contributed by atoms with van der Waals surface area (Å²) in [5.41, 5.74) is 1.80. The number of amides is 1. The predicted molar refractivity (Wildman–Crippen MR) is 102 cm³/mol. The Morgan fingerprint density at radius 3 is 2.62 bits per heavy atom. The number of carbonyl (C=O) groups is 1. The molecule has 2 aromatic heterocycles. The smallest absolute Gasteiger partial charge is 0.226 e. The molecule has 0 atom stereocenters. The minimum Gasteiger partial charge on any atom is -0.457 e. The number of carbonyl (C=O) groups excluding carboxylic acids is 1. The molecule has 0 aliphatic carbocycles. The molecule has 0 unspecified atom stereocenters. The van der Waals surface area contributed by atoms with Crippen LogP contribution in [0.15, 0.2) is 72.4 Å². The summed E-state index contributed by atoms with van der Waals surface area (Å²) in [7, 11) is 0. The van der Waals surface area contributed by atoms with E-state index in [0.717, 1.165) is 27.7 Å². The average molecular weight is 363 g/mol. The molecular formula is C20H17N3O2S. The van der Waals surface area contributed by atoms with Crippen molar-refractivity contribution in [2.24, 2.45) is 0 Å². The highest BCUT2D eigenvalue weighted by Crippen LogP contribution is 2.21. The van der Waals surface area contributed by atoms with Crippen molar-refractivity contribution in [1.29, 1.82) is 0 Å². The summed E-state index contributed by atoms with van der Waals surface area (Å²) < 4.78 is 7.69. The van der Waals surface area contributed by atoms with E-state index in [9.17, 15) is 4.79 Å². The highest BCUT2D eigenvalue weighted by molar-refractivity contribution is 7.15. The molecule has 0 aliphatic rings. The number of rotatable bonds is 6. The number of hydrogen-bond acceptors (Lipinski definition) is 4. The minimum absolute atomic E-state index is 0.0413. The van der Waals surface area contributed by atoms with E-state index in [2.05, 4.69) is 10.3 Å². The predicted octanol–water partition coefficient (Wildman–Crippen LogP) is 4.05.